The van der Waals surface area contributed by atoms with Crippen LogP contribution in [0.2, 0.25) is 0 Å². The maximum atomic E-state index is 12.9. The first-order chi connectivity index (χ1) is 12.7. The van der Waals surface area contributed by atoms with Gasteiger partial charge in [0.25, 0.3) is 0 Å². The van der Waals surface area contributed by atoms with Crippen molar-refractivity contribution in [3.8, 4) is 23.0 Å². The maximum absolute atomic E-state index is 12.9. The predicted molar refractivity (Wildman–Crippen MR) is 84.8 cm³/mol. The average molecular weight is 372 g/mol. The Morgan fingerprint density at radius 2 is 1.63 bits per heavy atom. The summed E-state index contributed by atoms with van der Waals surface area (Å²) in [5, 5.41) is 51.2. The molecule has 5 rings (SSSR count). The second-order valence-corrected chi connectivity index (χ2v) is 6.70. The molecule has 0 amide bonds. The van der Waals surface area contributed by atoms with E-state index < -0.39 is 58.1 Å². The molecule has 1 saturated heterocycles. The van der Waals surface area contributed by atoms with Gasteiger partial charge in [-0.1, -0.05) is 0 Å². The number of carbonyl (C=O) groups is 2. The molecule has 0 spiro atoms. The van der Waals surface area contributed by atoms with Crippen molar-refractivity contribution in [1.82, 2.24) is 0 Å². The van der Waals surface area contributed by atoms with Crippen molar-refractivity contribution in [3.05, 3.63) is 46.0 Å². The van der Waals surface area contributed by atoms with Crippen LogP contribution in [0.15, 0.2) is 18.2 Å². The van der Waals surface area contributed by atoms with Gasteiger partial charge in [-0.25, -0.2) is 0 Å². The number of hydrogen-bond donors (Lipinski definition) is 5. The summed E-state index contributed by atoms with van der Waals surface area (Å²) in [7, 11) is 0. The van der Waals surface area contributed by atoms with E-state index in [2.05, 4.69) is 0 Å². The molecule has 0 aromatic heterocycles. The molecule has 2 heterocycles. The third kappa shape index (κ3) is 1.78. The van der Waals surface area contributed by atoms with Gasteiger partial charge in [0.2, 0.25) is 12.1 Å². The smallest absolute Gasteiger partial charge is 0.235 e. The number of benzene rings is 2. The fourth-order valence-corrected chi connectivity index (χ4v) is 3.99. The zero-order valence-electron chi connectivity index (χ0n) is 13.5. The summed E-state index contributed by atoms with van der Waals surface area (Å²) in [4.78, 5) is 25.8. The van der Waals surface area contributed by atoms with Crippen molar-refractivity contribution < 1.29 is 44.6 Å². The van der Waals surface area contributed by atoms with E-state index in [-0.39, 0.29) is 28.9 Å². The molecular formula is C18H12O9. The van der Waals surface area contributed by atoms with E-state index in [1.807, 2.05) is 0 Å². The molecule has 1 aliphatic carbocycles. The molecule has 2 aromatic rings. The number of aromatic hydroxyl groups is 3. The molecule has 9 nitrogen and oxygen atoms in total. The monoisotopic (exact) mass is 372 g/mol. The highest BCUT2D eigenvalue weighted by Gasteiger charge is 2.58. The summed E-state index contributed by atoms with van der Waals surface area (Å²) in [6.07, 6.45) is -2.95. The van der Waals surface area contributed by atoms with Crippen LogP contribution in [0.1, 0.15) is 43.8 Å². The van der Waals surface area contributed by atoms with E-state index in [9.17, 15) is 35.1 Å². The quantitative estimate of drug-likeness (QED) is 0.349. The Labute approximate surface area is 150 Å². The Morgan fingerprint density at radius 3 is 2.30 bits per heavy atom. The first-order valence-corrected chi connectivity index (χ1v) is 8.01. The summed E-state index contributed by atoms with van der Waals surface area (Å²) in [6, 6.07) is 3.31. The highest BCUT2D eigenvalue weighted by atomic mass is 16.8. The van der Waals surface area contributed by atoms with Crippen molar-refractivity contribution in [2.45, 2.75) is 24.6 Å². The number of carbonyl (C=O) groups excluding carboxylic acids is 2. The minimum Gasteiger partial charge on any atom is -0.507 e. The number of hydrogen-bond acceptors (Lipinski definition) is 9. The highest BCUT2D eigenvalue weighted by Crippen LogP contribution is 2.55. The molecule has 2 aliphatic heterocycles. The second-order valence-electron chi connectivity index (χ2n) is 6.70. The number of phenols is 3. The van der Waals surface area contributed by atoms with Crippen molar-refractivity contribution in [2.75, 3.05) is 0 Å². The lowest BCUT2D eigenvalue weighted by atomic mass is 9.79. The van der Waals surface area contributed by atoms with Gasteiger partial charge in [0.15, 0.2) is 17.7 Å². The lowest BCUT2D eigenvalue weighted by molar-refractivity contribution is -0.173. The van der Waals surface area contributed by atoms with E-state index in [0.717, 1.165) is 12.1 Å². The Hall–Kier alpha value is -3.14. The van der Waals surface area contributed by atoms with Gasteiger partial charge in [-0.3, -0.25) is 9.59 Å². The van der Waals surface area contributed by atoms with E-state index >= 15 is 0 Å². The molecule has 3 unspecified atom stereocenters. The fraction of sp³-hybridized carbons (Fsp3) is 0.222. The summed E-state index contributed by atoms with van der Waals surface area (Å²) >= 11 is 0. The van der Waals surface area contributed by atoms with Gasteiger partial charge in [-0.2, -0.15) is 0 Å². The van der Waals surface area contributed by atoms with Gasteiger partial charge in [-0.05, 0) is 18.2 Å². The van der Waals surface area contributed by atoms with Crippen LogP contribution in [0.5, 0.6) is 23.0 Å². The van der Waals surface area contributed by atoms with Crippen molar-refractivity contribution in [1.29, 1.82) is 0 Å². The molecule has 3 atom stereocenters. The molecular weight excluding hydrogens is 360 g/mol. The van der Waals surface area contributed by atoms with Crippen LogP contribution in [0.25, 0.3) is 0 Å². The number of ketones is 2. The molecule has 138 valence electrons. The number of phenolic OH excluding ortho intramolecular Hbond substituents is 3. The molecule has 0 radical (unpaired) electrons. The molecule has 27 heavy (non-hydrogen) atoms. The minimum atomic E-state index is -1.90. The lowest BCUT2D eigenvalue weighted by Crippen LogP contribution is -2.33. The summed E-state index contributed by atoms with van der Waals surface area (Å²) in [5.74, 6) is -3.47. The largest absolute Gasteiger partial charge is 0.507 e. The van der Waals surface area contributed by atoms with Crippen LogP contribution >= 0.6 is 0 Å². The Kier molecular flexibility index (Phi) is 2.84. The summed E-state index contributed by atoms with van der Waals surface area (Å²) < 4.78 is 10.5. The van der Waals surface area contributed by atoms with E-state index in [4.69, 9.17) is 9.47 Å². The predicted octanol–water partition coefficient (Wildman–Crippen LogP) is 0.224. The number of fused-ring (bicyclic) bond motifs is 5. The van der Waals surface area contributed by atoms with Crippen LogP contribution < -0.4 is 4.74 Å². The molecule has 1 fully saturated rings. The van der Waals surface area contributed by atoms with Gasteiger partial charge in [0, 0.05) is 12.0 Å². The van der Waals surface area contributed by atoms with E-state index in [0.29, 0.717) is 0 Å². The van der Waals surface area contributed by atoms with E-state index in [1.165, 1.54) is 6.07 Å². The first kappa shape index (κ1) is 16.1. The molecule has 5 N–H and O–H groups in total. The summed E-state index contributed by atoms with van der Waals surface area (Å²) in [6.45, 7) is 0. The number of ether oxygens (including phenoxy) is 2. The zero-order valence-corrected chi connectivity index (χ0v) is 13.5. The number of aliphatic hydroxyl groups excluding tert-OH is 1. The van der Waals surface area contributed by atoms with Crippen molar-refractivity contribution in [3.63, 3.8) is 0 Å². The average Bonchev–Trinajstić information content (AvgIpc) is 3.02. The highest BCUT2D eigenvalue weighted by molar-refractivity contribution is 6.31. The molecule has 2 aromatic carbocycles. The standard InChI is InChI=1S/C18H12O9/c19-6-1-2-7(20)12-11(6)14(22)5-3-8-13(16(24)10(5)15(12)23)18(25)4-9(21)27-17(18)26-8/h1-3,9,17,19-21,24-25H,4H2. The van der Waals surface area contributed by atoms with E-state index in [1.54, 1.807) is 0 Å². The Bertz CT molecular complexity index is 1070. The van der Waals surface area contributed by atoms with Gasteiger partial charge < -0.3 is 35.0 Å². The van der Waals surface area contributed by atoms with Crippen LogP contribution in [0.3, 0.4) is 0 Å². The van der Waals surface area contributed by atoms with Gasteiger partial charge >= 0.3 is 0 Å². The van der Waals surface area contributed by atoms with Crippen molar-refractivity contribution in [2.24, 2.45) is 0 Å². The Morgan fingerprint density at radius 1 is 1.00 bits per heavy atom. The van der Waals surface area contributed by atoms with Gasteiger partial charge in [0.1, 0.15) is 23.0 Å². The first-order valence-electron chi connectivity index (χ1n) is 8.01. The van der Waals surface area contributed by atoms with Gasteiger partial charge in [0.05, 0.1) is 22.3 Å². The molecule has 9 heteroatoms. The Balaban J connectivity index is 1.80. The third-order valence-corrected chi connectivity index (χ3v) is 5.18. The number of aliphatic hydroxyl groups is 2. The fourth-order valence-electron chi connectivity index (χ4n) is 3.99. The molecule has 0 bridgehead atoms. The van der Waals surface area contributed by atoms with Crippen molar-refractivity contribution >= 4 is 11.6 Å². The minimum absolute atomic E-state index is 0.0742. The zero-order chi connectivity index (χ0) is 19.2. The normalized spacial score (nSPS) is 27.6. The lowest BCUT2D eigenvalue weighted by Gasteiger charge is -2.23. The number of rotatable bonds is 0. The van der Waals surface area contributed by atoms with Gasteiger partial charge in [-0.15, -0.1) is 0 Å². The topological polar surface area (TPSA) is 154 Å². The molecule has 3 aliphatic rings. The second kappa shape index (κ2) is 4.77. The summed E-state index contributed by atoms with van der Waals surface area (Å²) in [5.41, 5.74) is -3.56. The maximum Gasteiger partial charge on any atom is 0.235 e. The van der Waals surface area contributed by atoms with Crippen LogP contribution in [-0.2, 0) is 10.3 Å². The van der Waals surface area contributed by atoms with Crippen LogP contribution in [-0.4, -0.2) is 49.7 Å². The van der Waals surface area contributed by atoms with Crippen LogP contribution in [0, 0.1) is 0 Å². The SMILES string of the molecule is O=C1c2cc3c(c(O)c2C(=O)c2c(O)ccc(O)c21)C1(O)CC(O)OC1O3. The third-order valence-electron chi connectivity index (χ3n) is 5.18. The van der Waals surface area contributed by atoms with Crippen LogP contribution in [0.4, 0.5) is 0 Å². The molecule has 0 saturated carbocycles.